The summed E-state index contributed by atoms with van der Waals surface area (Å²) in [6, 6.07) is 4.50. The fourth-order valence-corrected chi connectivity index (χ4v) is 3.93. The maximum atomic E-state index is 12.5. The van der Waals surface area contributed by atoms with E-state index in [2.05, 4.69) is 15.9 Å². The van der Waals surface area contributed by atoms with Crippen LogP contribution >= 0.6 is 15.9 Å². The van der Waals surface area contributed by atoms with Crippen LogP contribution in [-0.4, -0.2) is 38.4 Å². The highest BCUT2D eigenvalue weighted by atomic mass is 79.9. The number of carbonyl (C=O) groups excluding carboxylic acids is 1. The van der Waals surface area contributed by atoms with Crippen LogP contribution in [0.4, 0.5) is 5.69 Å². The van der Waals surface area contributed by atoms with Crippen molar-refractivity contribution < 1.29 is 17.9 Å². The van der Waals surface area contributed by atoms with Crippen LogP contribution in [0.25, 0.3) is 0 Å². The summed E-state index contributed by atoms with van der Waals surface area (Å²) in [5.41, 5.74) is 5.95. The van der Waals surface area contributed by atoms with Crippen LogP contribution < -0.4 is 5.73 Å². The zero-order valence-corrected chi connectivity index (χ0v) is 13.7. The number of likely N-dealkylation sites (N-methyl/N-ethyl adjacent to an activating group) is 1. The number of anilines is 1. The van der Waals surface area contributed by atoms with E-state index in [-0.39, 0.29) is 24.6 Å². The van der Waals surface area contributed by atoms with E-state index in [1.807, 2.05) is 0 Å². The van der Waals surface area contributed by atoms with Gasteiger partial charge in [-0.2, -0.15) is 4.31 Å². The Kier molecular flexibility index (Phi) is 5.97. The zero-order chi connectivity index (χ0) is 15.3. The molecule has 0 bridgehead atoms. The molecular formula is C12H17BrN2O4S. The molecule has 0 radical (unpaired) electrons. The molecular weight excluding hydrogens is 348 g/mol. The van der Waals surface area contributed by atoms with E-state index >= 15 is 0 Å². The van der Waals surface area contributed by atoms with Gasteiger partial charge in [-0.25, -0.2) is 8.42 Å². The molecule has 1 aromatic carbocycles. The molecule has 0 aliphatic rings. The highest BCUT2D eigenvalue weighted by Crippen LogP contribution is 2.27. The second-order valence-electron chi connectivity index (χ2n) is 3.93. The third kappa shape index (κ3) is 3.94. The van der Waals surface area contributed by atoms with E-state index in [1.165, 1.54) is 6.07 Å². The van der Waals surface area contributed by atoms with Gasteiger partial charge in [0.2, 0.25) is 10.0 Å². The molecule has 112 valence electrons. The van der Waals surface area contributed by atoms with Gasteiger partial charge >= 0.3 is 5.97 Å². The summed E-state index contributed by atoms with van der Waals surface area (Å²) in [6.07, 6.45) is 0. The third-order valence-corrected chi connectivity index (χ3v) is 5.45. The topological polar surface area (TPSA) is 89.7 Å². The van der Waals surface area contributed by atoms with Gasteiger partial charge in [0.1, 0.15) is 6.54 Å². The van der Waals surface area contributed by atoms with Crippen LogP contribution in [0.15, 0.2) is 27.6 Å². The minimum absolute atomic E-state index is 0.0312. The second-order valence-corrected chi connectivity index (χ2v) is 6.69. The molecule has 0 aliphatic carbocycles. The molecule has 8 heteroatoms. The van der Waals surface area contributed by atoms with E-state index < -0.39 is 16.0 Å². The third-order valence-electron chi connectivity index (χ3n) is 2.54. The van der Waals surface area contributed by atoms with Crippen LogP contribution in [0.3, 0.4) is 0 Å². The number of sulfonamides is 1. The lowest BCUT2D eigenvalue weighted by molar-refractivity contribution is -0.143. The molecule has 1 aromatic rings. The number of ether oxygens (including phenoxy) is 1. The molecule has 0 amide bonds. The predicted octanol–water partition coefficient (Wildman–Crippen LogP) is 1.60. The van der Waals surface area contributed by atoms with Crippen molar-refractivity contribution in [3.63, 3.8) is 0 Å². The Morgan fingerprint density at radius 1 is 1.40 bits per heavy atom. The van der Waals surface area contributed by atoms with Crippen molar-refractivity contribution in [1.29, 1.82) is 0 Å². The van der Waals surface area contributed by atoms with Gasteiger partial charge in [-0.15, -0.1) is 0 Å². The first kappa shape index (κ1) is 16.9. The number of nitrogens with two attached hydrogens (primary N) is 1. The number of halogens is 1. The van der Waals surface area contributed by atoms with Crippen LogP contribution in [0.1, 0.15) is 13.8 Å². The predicted molar refractivity (Wildman–Crippen MR) is 79.6 cm³/mol. The van der Waals surface area contributed by atoms with Gasteiger partial charge in [0.15, 0.2) is 0 Å². The fraction of sp³-hybridized carbons (Fsp3) is 0.417. The molecule has 0 atom stereocenters. The molecule has 0 aromatic heterocycles. The average Bonchev–Trinajstić information content (AvgIpc) is 2.38. The quantitative estimate of drug-likeness (QED) is 0.611. The molecule has 0 unspecified atom stereocenters. The largest absolute Gasteiger partial charge is 0.465 e. The first-order valence-corrected chi connectivity index (χ1v) is 8.27. The van der Waals surface area contributed by atoms with Crippen molar-refractivity contribution in [3.8, 4) is 0 Å². The maximum absolute atomic E-state index is 12.5. The van der Waals surface area contributed by atoms with E-state index in [1.54, 1.807) is 26.0 Å². The molecule has 0 spiro atoms. The van der Waals surface area contributed by atoms with Gasteiger partial charge in [-0.05, 0) is 41.1 Å². The Hall–Kier alpha value is -1.12. The average molecular weight is 365 g/mol. The van der Waals surface area contributed by atoms with Gasteiger partial charge in [-0.1, -0.05) is 6.92 Å². The number of benzene rings is 1. The number of nitrogens with zero attached hydrogens (tertiary/aromatic N) is 1. The van der Waals surface area contributed by atoms with Gasteiger partial charge in [0, 0.05) is 16.7 Å². The summed E-state index contributed by atoms with van der Waals surface area (Å²) in [7, 11) is -3.81. The summed E-state index contributed by atoms with van der Waals surface area (Å²) < 4.78 is 31.2. The Morgan fingerprint density at radius 3 is 2.60 bits per heavy atom. The van der Waals surface area contributed by atoms with Crippen LogP contribution in [0.2, 0.25) is 0 Å². The van der Waals surface area contributed by atoms with Crippen molar-refractivity contribution in [3.05, 3.63) is 22.7 Å². The minimum Gasteiger partial charge on any atom is -0.465 e. The lowest BCUT2D eigenvalue weighted by Gasteiger charge is -2.20. The Labute approximate surface area is 127 Å². The second kappa shape index (κ2) is 7.05. The molecule has 0 heterocycles. The molecule has 1 rings (SSSR count). The fourth-order valence-electron chi connectivity index (χ4n) is 1.57. The molecule has 0 saturated heterocycles. The summed E-state index contributed by atoms with van der Waals surface area (Å²) >= 11 is 3.18. The number of carbonyl (C=O) groups is 1. The number of nitrogen functional groups attached to an aromatic ring is 1. The Balaban J connectivity index is 3.12. The summed E-state index contributed by atoms with van der Waals surface area (Å²) in [5, 5.41) is 0. The molecule has 0 aliphatic heterocycles. The highest BCUT2D eigenvalue weighted by molar-refractivity contribution is 9.10. The molecule has 0 fully saturated rings. The van der Waals surface area contributed by atoms with E-state index in [4.69, 9.17) is 10.5 Å². The smallest absolute Gasteiger partial charge is 0.321 e. The normalized spacial score (nSPS) is 11.6. The molecule has 6 nitrogen and oxygen atoms in total. The number of hydrogen-bond donors (Lipinski definition) is 1. The lowest BCUT2D eigenvalue weighted by atomic mass is 10.3. The summed E-state index contributed by atoms with van der Waals surface area (Å²) in [4.78, 5) is 11.5. The molecule has 2 N–H and O–H groups in total. The van der Waals surface area contributed by atoms with Crippen molar-refractivity contribution in [2.24, 2.45) is 0 Å². The lowest BCUT2D eigenvalue weighted by Crippen LogP contribution is -2.36. The van der Waals surface area contributed by atoms with Gasteiger partial charge in [0.25, 0.3) is 0 Å². The van der Waals surface area contributed by atoms with E-state index in [0.29, 0.717) is 10.2 Å². The van der Waals surface area contributed by atoms with Gasteiger partial charge in [-0.3, -0.25) is 4.79 Å². The number of hydrogen-bond acceptors (Lipinski definition) is 5. The van der Waals surface area contributed by atoms with Gasteiger partial charge < -0.3 is 10.5 Å². The first-order chi connectivity index (χ1) is 9.32. The van der Waals surface area contributed by atoms with Crippen molar-refractivity contribution in [2.45, 2.75) is 18.7 Å². The van der Waals surface area contributed by atoms with E-state index in [0.717, 1.165) is 4.31 Å². The molecule has 0 saturated carbocycles. The van der Waals surface area contributed by atoms with Crippen molar-refractivity contribution in [2.75, 3.05) is 25.4 Å². The standard InChI is InChI=1S/C12H17BrN2O4S/c1-3-15(8-12(16)19-4-2)20(17,18)11-7-9(14)5-6-10(11)13/h5-7H,3-4,8,14H2,1-2H3. The minimum atomic E-state index is -3.81. The summed E-state index contributed by atoms with van der Waals surface area (Å²) in [5.74, 6) is -0.585. The van der Waals surface area contributed by atoms with Crippen molar-refractivity contribution in [1.82, 2.24) is 4.31 Å². The Bertz CT molecular complexity index is 589. The van der Waals surface area contributed by atoms with Gasteiger partial charge in [0.05, 0.1) is 11.5 Å². The van der Waals surface area contributed by atoms with Crippen LogP contribution in [0.5, 0.6) is 0 Å². The zero-order valence-electron chi connectivity index (χ0n) is 11.3. The van der Waals surface area contributed by atoms with Crippen molar-refractivity contribution >= 4 is 37.6 Å². The van der Waals surface area contributed by atoms with E-state index in [9.17, 15) is 13.2 Å². The van der Waals surface area contributed by atoms with Crippen LogP contribution in [0, 0.1) is 0 Å². The number of esters is 1. The first-order valence-electron chi connectivity index (χ1n) is 6.03. The number of rotatable bonds is 6. The van der Waals surface area contributed by atoms with Crippen LogP contribution in [-0.2, 0) is 19.6 Å². The SMILES string of the molecule is CCOC(=O)CN(CC)S(=O)(=O)c1cc(N)ccc1Br. The highest BCUT2D eigenvalue weighted by Gasteiger charge is 2.27. The monoisotopic (exact) mass is 364 g/mol. The Morgan fingerprint density at radius 2 is 2.05 bits per heavy atom. The maximum Gasteiger partial charge on any atom is 0.321 e. The summed E-state index contributed by atoms with van der Waals surface area (Å²) in [6.45, 7) is 3.35. The molecule has 20 heavy (non-hydrogen) atoms.